The van der Waals surface area contributed by atoms with Crippen LogP contribution in [0.1, 0.15) is 19.8 Å². The van der Waals surface area contributed by atoms with Crippen LogP contribution >= 0.6 is 0 Å². The summed E-state index contributed by atoms with van der Waals surface area (Å²) in [5, 5.41) is 10.9. The third-order valence-electron chi connectivity index (χ3n) is 2.08. The quantitative estimate of drug-likeness (QED) is 0.687. The largest absolute Gasteiger partial charge is 0.471 e. The van der Waals surface area contributed by atoms with Gasteiger partial charge in [-0.05, 0) is 13.3 Å². The summed E-state index contributed by atoms with van der Waals surface area (Å²) in [4.78, 5) is 10.6. The van der Waals surface area contributed by atoms with Crippen molar-refractivity contribution < 1.29 is 27.8 Å². The van der Waals surface area contributed by atoms with Crippen molar-refractivity contribution in [1.82, 2.24) is 5.32 Å². The Kier molecular flexibility index (Phi) is 3.56. The third-order valence-corrected chi connectivity index (χ3v) is 2.08. The van der Waals surface area contributed by atoms with Crippen LogP contribution < -0.4 is 5.32 Å². The van der Waals surface area contributed by atoms with E-state index in [9.17, 15) is 18.0 Å². The molecule has 4 nitrogen and oxygen atoms in total. The average molecular weight is 227 g/mol. The van der Waals surface area contributed by atoms with Crippen molar-refractivity contribution >= 4 is 5.91 Å². The molecule has 15 heavy (non-hydrogen) atoms. The van der Waals surface area contributed by atoms with Crippen molar-refractivity contribution in [3.8, 4) is 0 Å². The summed E-state index contributed by atoms with van der Waals surface area (Å²) in [6.07, 6.45) is -6.13. The number of halogens is 3. The van der Waals surface area contributed by atoms with Crippen LogP contribution in [0.5, 0.6) is 0 Å². The van der Waals surface area contributed by atoms with Gasteiger partial charge in [0.2, 0.25) is 0 Å². The molecule has 1 heterocycles. The van der Waals surface area contributed by atoms with Gasteiger partial charge in [0, 0.05) is 12.5 Å². The van der Waals surface area contributed by atoms with Gasteiger partial charge in [-0.1, -0.05) is 0 Å². The highest BCUT2D eigenvalue weighted by molar-refractivity contribution is 5.81. The molecule has 1 aliphatic heterocycles. The number of carbonyl (C=O) groups is 1. The highest BCUT2D eigenvalue weighted by Gasteiger charge is 2.40. The molecule has 0 spiro atoms. The van der Waals surface area contributed by atoms with Crippen molar-refractivity contribution in [3.63, 3.8) is 0 Å². The third kappa shape index (κ3) is 3.67. The number of alkyl halides is 3. The summed E-state index contributed by atoms with van der Waals surface area (Å²) < 4.78 is 40.6. The molecular formula is C8H12F3NO3. The zero-order valence-corrected chi connectivity index (χ0v) is 8.04. The molecule has 0 bridgehead atoms. The van der Waals surface area contributed by atoms with E-state index in [4.69, 9.17) is 9.84 Å². The number of hydrogen-bond acceptors (Lipinski definition) is 3. The lowest BCUT2D eigenvalue weighted by atomic mass is 10.0. The second-order valence-corrected chi connectivity index (χ2v) is 3.54. The number of hydrogen-bond donors (Lipinski definition) is 2. The number of amides is 1. The zero-order chi connectivity index (χ0) is 11.6. The average Bonchev–Trinajstić information content (AvgIpc) is 1.99. The van der Waals surface area contributed by atoms with E-state index in [-0.39, 0.29) is 18.9 Å². The van der Waals surface area contributed by atoms with Crippen LogP contribution in [0, 0.1) is 0 Å². The second kappa shape index (κ2) is 4.36. The molecule has 0 aromatic carbocycles. The van der Waals surface area contributed by atoms with E-state index >= 15 is 0 Å². The molecule has 1 rings (SSSR count). The van der Waals surface area contributed by atoms with E-state index < -0.39 is 24.4 Å². The van der Waals surface area contributed by atoms with Crippen molar-refractivity contribution in [1.29, 1.82) is 0 Å². The molecule has 88 valence electrons. The molecule has 3 atom stereocenters. The fourth-order valence-electron chi connectivity index (χ4n) is 1.50. The highest BCUT2D eigenvalue weighted by Crippen LogP contribution is 2.20. The van der Waals surface area contributed by atoms with E-state index in [0.717, 1.165) is 0 Å². The highest BCUT2D eigenvalue weighted by atomic mass is 19.4. The normalized spacial score (nSPS) is 32.5. The van der Waals surface area contributed by atoms with Crippen LogP contribution in [0.15, 0.2) is 0 Å². The van der Waals surface area contributed by atoms with Crippen LogP contribution in [0.4, 0.5) is 13.2 Å². The molecule has 1 unspecified atom stereocenters. The maximum atomic E-state index is 11.9. The maximum absolute atomic E-state index is 11.9. The summed E-state index contributed by atoms with van der Waals surface area (Å²) in [7, 11) is 0. The Balaban J connectivity index is 2.48. The first kappa shape index (κ1) is 12.3. The molecular weight excluding hydrogens is 215 g/mol. The smallest absolute Gasteiger partial charge is 0.368 e. The van der Waals surface area contributed by atoms with Gasteiger partial charge in [-0.3, -0.25) is 4.79 Å². The molecule has 1 fully saturated rings. The van der Waals surface area contributed by atoms with Crippen LogP contribution in [0.25, 0.3) is 0 Å². The van der Waals surface area contributed by atoms with Crippen molar-refractivity contribution in [2.24, 2.45) is 0 Å². The monoisotopic (exact) mass is 227 g/mol. The topological polar surface area (TPSA) is 58.6 Å². The molecule has 1 amide bonds. The second-order valence-electron chi connectivity index (χ2n) is 3.54. The number of carbonyl (C=O) groups excluding carboxylic acids is 1. The number of aliphatic hydroxyl groups excluding tert-OH is 1. The number of ether oxygens (including phenoxy) is 1. The van der Waals surface area contributed by atoms with Crippen LogP contribution in [0.3, 0.4) is 0 Å². The van der Waals surface area contributed by atoms with Gasteiger partial charge in [0.05, 0.1) is 6.10 Å². The predicted octanol–water partition coefficient (Wildman–Crippen LogP) is 0.551. The maximum Gasteiger partial charge on any atom is 0.471 e. The van der Waals surface area contributed by atoms with Gasteiger partial charge >= 0.3 is 12.1 Å². The Labute approximate surface area is 84.4 Å². The summed E-state index contributed by atoms with van der Waals surface area (Å²) in [6.45, 7) is 1.62. The lowest BCUT2D eigenvalue weighted by Gasteiger charge is -2.31. The van der Waals surface area contributed by atoms with Crippen LogP contribution in [0.2, 0.25) is 0 Å². The number of nitrogens with one attached hydrogen (secondary N) is 1. The minimum Gasteiger partial charge on any atom is -0.368 e. The van der Waals surface area contributed by atoms with E-state index in [1.165, 1.54) is 0 Å². The molecule has 1 saturated heterocycles. The Morgan fingerprint density at radius 3 is 2.53 bits per heavy atom. The molecule has 2 N–H and O–H groups in total. The standard InChI is InChI=1S/C8H12F3NO3/c1-4-2-5(3-6(13)15-4)12-7(14)8(9,10)11/h4-6,13H,2-3H2,1H3,(H,12,14)/t4-,5+,6?/m0/s1. The van der Waals surface area contributed by atoms with Crippen molar-refractivity contribution in [3.05, 3.63) is 0 Å². The van der Waals surface area contributed by atoms with Crippen molar-refractivity contribution in [2.45, 2.75) is 44.4 Å². The Morgan fingerprint density at radius 1 is 1.47 bits per heavy atom. The van der Waals surface area contributed by atoms with E-state index in [0.29, 0.717) is 0 Å². The van der Waals surface area contributed by atoms with Gasteiger partial charge in [0.15, 0.2) is 6.29 Å². The minimum absolute atomic E-state index is 0.0217. The number of rotatable bonds is 1. The molecule has 0 aliphatic carbocycles. The van der Waals surface area contributed by atoms with E-state index in [2.05, 4.69) is 0 Å². The molecule has 0 saturated carbocycles. The van der Waals surface area contributed by atoms with Crippen LogP contribution in [-0.2, 0) is 9.53 Å². The van der Waals surface area contributed by atoms with E-state index in [1.54, 1.807) is 6.92 Å². The molecule has 0 aromatic rings. The number of aliphatic hydroxyl groups is 1. The first-order valence-corrected chi connectivity index (χ1v) is 4.50. The summed E-state index contributed by atoms with van der Waals surface area (Å²) >= 11 is 0. The molecule has 0 aromatic heterocycles. The summed E-state index contributed by atoms with van der Waals surface area (Å²) in [5.74, 6) is -1.98. The molecule has 1 aliphatic rings. The van der Waals surface area contributed by atoms with Gasteiger partial charge in [-0.15, -0.1) is 0 Å². The molecule has 0 radical (unpaired) electrons. The SMILES string of the molecule is C[C@H]1C[C@@H](NC(=O)C(F)(F)F)CC(O)O1. The Morgan fingerprint density at radius 2 is 2.07 bits per heavy atom. The van der Waals surface area contributed by atoms with Gasteiger partial charge in [-0.25, -0.2) is 0 Å². The lowest BCUT2D eigenvalue weighted by Crippen LogP contribution is -2.48. The van der Waals surface area contributed by atoms with Gasteiger partial charge < -0.3 is 15.2 Å². The fraction of sp³-hybridized carbons (Fsp3) is 0.875. The first-order valence-electron chi connectivity index (χ1n) is 4.50. The zero-order valence-electron chi connectivity index (χ0n) is 8.04. The van der Waals surface area contributed by atoms with Gasteiger partial charge in [-0.2, -0.15) is 13.2 Å². The lowest BCUT2D eigenvalue weighted by molar-refractivity contribution is -0.182. The fourth-order valence-corrected chi connectivity index (χ4v) is 1.50. The summed E-state index contributed by atoms with van der Waals surface area (Å²) in [5.41, 5.74) is 0. The predicted molar refractivity (Wildman–Crippen MR) is 43.8 cm³/mol. The summed E-state index contributed by atoms with van der Waals surface area (Å²) in [6, 6.07) is -0.696. The van der Waals surface area contributed by atoms with Gasteiger partial charge in [0.1, 0.15) is 0 Å². The first-order chi connectivity index (χ1) is 6.79. The minimum atomic E-state index is -4.88. The molecule has 7 heteroatoms. The Bertz CT molecular complexity index is 234. The van der Waals surface area contributed by atoms with Crippen molar-refractivity contribution in [2.75, 3.05) is 0 Å². The Hall–Kier alpha value is -0.820. The van der Waals surface area contributed by atoms with E-state index in [1.807, 2.05) is 5.32 Å². The van der Waals surface area contributed by atoms with Gasteiger partial charge in [0.25, 0.3) is 0 Å². The van der Waals surface area contributed by atoms with Crippen LogP contribution in [-0.4, -0.2) is 35.6 Å².